The summed E-state index contributed by atoms with van der Waals surface area (Å²) in [6, 6.07) is 3.30. The highest BCUT2D eigenvalue weighted by molar-refractivity contribution is 5.92. The lowest BCUT2D eigenvalue weighted by Crippen LogP contribution is -2.16. The molecule has 0 amide bonds. The third kappa shape index (κ3) is 2.45. The normalized spacial score (nSPS) is 12.1. The van der Waals surface area contributed by atoms with Crippen molar-refractivity contribution in [1.29, 1.82) is 0 Å². The molecule has 1 unspecified atom stereocenters. The van der Waals surface area contributed by atoms with Crippen LogP contribution in [0.15, 0.2) is 18.3 Å². The topological polar surface area (TPSA) is 65.2 Å². The first kappa shape index (κ1) is 10.5. The predicted molar refractivity (Wildman–Crippen MR) is 53.8 cm³/mol. The Hall–Kier alpha value is -1.58. The first-order chi connectivity index (χ1) is 6.65. The summed E-state index contributed by atoms with van der Waals surface area (Å²) in [5, 5.41) is 0. The highest BCUT2D eigenvalue weighted by atomic mass is 16.5. The van der Waals surface area contributed by atoms with E-state index in [1.54, 1.807) is 12.1 Å². The van der Waals surface area contributed by atoms with E-state index in [0.29, 0.717) is 5.69 Å². The molecule has 76 valence electrons. The van der Waals surface area contributed by atoms with E-state index in [0.717, 1.165) is 6.42 Å². The summed E-state index contributed by atoms with van der Waals surface area (Å²) in [4.78, 5) is 15.3. The summed E-state index contributed by atoms with van der Waals surface area (Å²) in [5.74, 6) is -0.461. The number of pyridine rings is 1. The Kier molecular flexibility index (Phi) is 3.45. The molecule has 0 fully saturated rings. The summed E-state index contributed by atoms with van der Waals surface area (Å²) in [5.41, 5.74) is 6.11. The number of esters is 1. The molecule has 14 heavy (non-hydrogen) atoms. The van der Waals surface area contributed by atoms with Crippen molar-refractivity contribution in [3.05, 3.63) is 24.0 Å². The number of hydrogen-bond acceptors (Lipinski definition) is 4. The van der Waals surface area contributed by atoms with Crippen LogP contribution in [0.5, 0.6) is 0 Å². The summed E-state index contributed by atoms with van der Waals surface area (Å²) < 4.78 is 5.08. The van der Waals surface area contributed by atoms with Crippen molar-refractivity contribution in [3.63, 3.8) is 0 Å². The Morgan fingerprint density at radius 2 is 2.43 bits per heavy atom. The number of nitrogen functional groups attached to an aromatic ring is 1. The second-order valence-electron chi connectivity index (χ2n) is 3.07. The number of nitrogens with two attached hydrogens (primary N) is 1. The first-order valence-electron chi connectivity index (χ1n) is 4.56. The molecule has 0 aliphatic carbocycles. The fraction of sp³-hybridized carbons (Fsp3) is 0.400. The molecule has 0 spiro atoms. The summed E-state index contributed by atoms with van der Waals surface area (Å²) in [6.07, 6.45) is 2.19. The van der Waals surface area contributed by atoms with Gasteiger partial charge in [-0.25, -0.2) is 9.78 Å². The molecule has 1 heterocycles. The number of carbonyl (C=O) groups is 1. The molecule has 2 N–H and O–H groups in total. The average molecular weight is 194 g/mol. The van der Waals surface area contributed by atoms with E-state index < -0.39 is 5.97 Å². The number of nitrogens with zero attached hydrogens (tertiary/aromatic N) is 1. The highest BCUT2D eigenvalue weighted by Crippen LogP contribution is 2.10. The molecule has 0 aliphatic heterocycles. The predicted octanol–water partition coefficient (Wildman–Crippen LogP) is 1.62. The molecule has 1 aromatic rings. The molecule has 0 radical (unpaired) electrons. The SMILES string of the molecule is CCC(C)OC(=O)c1ncccc1N. The standard InChI is InChI=1S/C10H14N2O2/c1-3-7(2)14-10(13)9-8(11)5-4-6-12-9/h4-7H,3,11H2,1-2H3. The van der Waals surface area contributed by atoms with Gasteiger partial charge in [0.15, 0.2) is 5.69 Å². The molecule has 0 bridgehead atoms. The van der Waals surface area contributed by atoms with Gasteiger partial charge in [-0.2, -0.15) is 0 Å². The second kappa shape index (κ2) is 4.60. The Balaban J connectivity index is 2.75. The molecule has 0 aromatic carbocycles. The molecule has 1 aromatic heterocycles. The second-order valence-corrected chi connectivity index (χ2v) is 3.07. The molecule has 0 saturated heterocycles. The minimum atomic E-state index is -0.461. The smallest absolute Gasteiger partial charge is 0.359 e. The van der Waals surface area contributed by atoms with Crippen LogP contribution >= 0.6 is 0 Å². The highest BCUT2D eigenvalue weighted by Gasteiger charge is 2.14. The van der Waals surface area contributed by atoms with Gasteiger partial charge in [-0.15, -0.1) is 0 Å². The summed E-state index contributed by atoms with van der Waals surface area (Å²) >= 11 is 0. The number of anilines is 1. The average Bonchev–Trinajstić information content (AvgIpc) is 2.18. The van der Waals surface area contributed by atoms with Gasteiger partial charge in [-0.1, -0.05) is 6.92 Å². The van der Waals surface area contributed by atoms with Crippen LogP contribution in [0.4, 0.5) is 5.69 Å². The molecular formula is C10H14N2O2. The maximum atomic E-state index is 11.5. The van der Waals surface area contributed by atoms with Gasteiger partial charge in [0.2, 0.25) is 0 Å². The van der Waals surface area contributed by atoms with Crippen molar-refractivity contribution in [2.24, 2.45) is 0 Å². The van der Waals surface area contributed by atoms with Crippen LogP contribution in [0.2, 0.25) is 0 Å². The van der Waals surface area contributed by atoms with Crippen LogP contribution in [-0.4, -0.2) is 17.1 Å². The number of hydrogen-bond donors (Lipinski definition) is 1. The minimum Gasteiger partial charge on any atom is -0.458 e. The van der Waals surface area contributed by atoms with Crippen LogP contribution in [0, 0.1) is 0 Å². The van der Waals surface area contributed by atoms with Gasteiger partial charge >= 0.3 is 5.97 Å². The molecule has 0 saturated carbocycles. The lowest BCUT2D eigenvalue weighted by atomic mass is 10.3. The van der Waals surface area contributed by atoms with Crippen LogP contribution < -0.4 is 5.73 Å². The third-order valence-electron chi connectivity index (χ3n) is 1.92. The van der Waals surface area contributed by atoms with Gasteiger partial charge < -0.3 is 10.5 Å². The molecule has 4 nitrogen and oxygen atoms in total. The zero-order valence-electron chi connectivity index (χ0n) is 8.36. The molecule has 0 aliphatic rings. The fourth-order valence-electron chi connectivity index (χ4n) is 0.910. The lowest BCUT2D eigenvalue weighted by Gasteiger charge is -2.10. The summed E-state index contributed by atoms with van der Waals surface area (Å²) in [6.45, 7) is 3.77. The van der Waals surface area contributed by atoms with Crippen LogP contribution in [-0.2, 0) is 4.74 Å². The van der Waals surface area contributed by atoms with Crippen molar-refractivity contribution in [3.8, 4) is 0 Å². The number of aromatic nitrogens is 1. The number of rotatable bonds is 3. The van der Waals surface area contributed by atoms with Gasteiger partial charge in [0, 0.05) is 6.20 Å². The largest absolute Gasteiger partial charge is 0.458 e. The van der Waals surface area contributed by atoms with E-state index in [1.165, 1.54) is 6.20 Å². The Bertz CT molecular complexity index is 326. The molecular weight excluding hydrogens is 180 g/mol. The maximum Gasteiger partial charge on any atom is 0.359 e. The van der Waals surface area contributed by atoms with Gasteiger partial charge in [0.1, 0.15) is 0 Å². The minimum absolute atomic E-state index is 0.107. The van der Waals surface area contributed by atoms with E-state index in [9.17, 15) is 4.79 Å². The Morgan fingerprint density at radius 3 is 3.00 bits per heavy atom. The fourth-order valence-corrected chi connectivity index (χ4v) is 0.910. The Labute approximate surface area is 83.1 Å². The van der Waals surface area contributed by atoms with E-state index in [2.05, 4.69) is 4.98 Å². The number of ether oxygens (including phenoxy) is 1. The van der Waals surface area contributed by atoms with E-state index >= 15 is 0 Å². The van der Waals surface area contributed by atoms with Crippen molar-refractivity contribution in [1.82, 2.24) is 4.98 Å². The maximum absolute atomic E-state index is 11.5. The van der Waals surface area contributed by atoms with Crippen molar-refractivity contribution in [2.45, 2.75) is 26.4 Å². The van der Waals surface area contributed by atoms with Gasteiger partial charge in [-0.05, 0) is 25.5 Å². The van der Waals surface area contributed by atoms with E-state index in [-0.39, 0.29) is 11.8 Å². The number of carbonyl (C=O) groups excluding carboxylic acids is 1. The quantitative estimate of drug-likeness (QED) is 0.742. The van der Waals surface area contributed by atoms with Crippen molar-refractivity contribution in [2.75, 3.05) is 5.73 Å². The zero-order valence-corrected chi connectivity index (χ0v) is 8.36. The van der Waals surface area contributed by atoms with E-state index in [4.69, 9.17) is 10.5 Å². The van der Waals surface area contributed by atoms with Gasteiger partial charge in [0.25, 0.3) is 0 Å². The molecule has 1 atom stereocenters. The lowest BCUT2D eigenvalue weighted by molar-refractivity contribution is 0.0329. The summed E-state index contributed by atoms with van der Waals surface area (Å²) in [7, 11) is 0. The van der Waals surface area contributed by atoms with Crippen LogP contribution in [0.25, 0.3) is 0 Å². The van der Waals surface area contributed by atoms with Gasteiger partial charge in [0.05, 0.1) is 11.8 Å². The van der Waals surface area contributed by atoms with Crippen molar-refractivity contribution >= 4 is 11.7 Å². The van der Waals surface area contributed by atoms with Crippen molar-refractivity contribution < 1.29 is 9.53 Å². The van der Waals surface area contributed by atoms with Crippen LogP contribution in [0.3, 0.4) is 0 Å². The Morgan fingerprint density at radius 1 is 1.71 bits per heavy atom. The monoisotopic (exact) mass is 194 g/mol. The van der Waals surface area contributed by atoms with Crippen LogP contribution in [0.1, 0.15) is 30.8 Å². The third-order valence-corrected chi connectivity index (χ3v) is 1.92. The zero-order chi connectivity index (χ0) is 10.6. The first-order valence-corrected chi connectivity index (χ1v) is 4.56. The molecule has 4 heteroatoms. The van der Waals surface area contributed by atoms with E-state index in [1.807, 2.05) is 13.8 Å². The molecule has 1 rings (SSSR count). The van der Waals surface area contributed by atoms with Gasteiger partial charge in [-0.3, -0.25) is 0 Å².